The summed E-state index contributed by atoms with van der Waals surface area (Å²) in [4.78, 5) is 10.5. The quantitative estimate of drug-likeness (QED) is 0.370. The van der Waals surface area contributed by atoms with E-state index >= 15 is 0 Å². The number of allylic oxidation sites excluding steroid dienone is 1. The zero-order valence-corrected chi connectivity index (χ0v) is 10.2. The lowest BCUT2D eigenvalue weighted by Crippen LogP contribution is -2.05. The molecular weight excluding hydrogens is 212 g/mol. The molecule has 0 aliphatic heterocycles. The van der Waals surface area contributed by atoms with Gasteiger partial charge in [0, 0.05) is 13.0 Å². The average Bonchev–Trinajstić information content (AvgIpc) is 2.36. The lowest BCUT2D eigenvalue weighted by Gasteiger charge is -2.11. The Kier molecular flexibility index (Phi) is 6.99. The van der Waals surface area contributed by atoms with Gasteiger partial charge >= 0.3 is 0 Å². The minimum Gasteiger partial charge on any atom is -0.377 e. The average molecular weight is 232 g/mol. The zero-order valence-electron chi connectivity index (χ0n) is 10.2. The third-order valence-corrected chi connectivity index (χ3v) is 2.71. The van der Waals surface area contributed by atoms with Crippen molar-refractivity contribution < 1.29 is 9.53 Å². The molecule has 1 unspecified atom stereocenters. The molecule has 0 aromatic heterocycles. The van der Waals surface area contributed by atoms with Gasteiger partial charge in [-0.2, -0.15) is 0 Å². The molecule has 0 aliphatic rings. The Hall–Kier alpha value is -1.41. The molecule has 0 aliphatic carbocycles. The molecule has 2 heteroatoms. The van der Waals surface area contributed by atoms with Crippen LogP contribution in [0.15, 0.2) is 43.0 Å². The second kappa shape index (κ2) is 8.71. The van der Waals surface area contributed by atoms with Crippen molar-refractivity contribution in [3.63, 3.8) is 0 Å². The molecule has 0 bridgehead atoms. The fourth-order valence-corrected chi connectivity index (χ4v) is 1.72. The van der Waals surface area contributed by atoms with Crippen molar-refractivity contribution in [2.24, 2.45) is 5.92 Å². The number of benzene rings is 1. The van der Waals surface area contributed by atoms with Crippen molar-refractivity contribution >= 4 is 6.29 Å². The minimum atomic E-state index is 0.376. The highest BCUT2D eigenvalue weighted by Gasteiger charge is 2.05. The van der Waals surface area contributed by atoms with Crippen LogP contribution in [0.4, 0.5) is 0 Å². The standard InChI is InChI=1S/C15H20O2/c1-2-6-14(9-11-16)10-12-17-13-15-7-4-3-5-8-15/h2-5,7-8,11,14H,1,6,9-10,12-13H2. The highest BCUT2D eigenvalue weighted by Crippen LogP contribution is 2.13. The normalized spacial score (nSPS) is 12.0. The predicted octanol–water partition coefficient (Wildman–Crippen LogP) is 3.37. The number of hydrogen-bond acceptors (Lipinski definition) is 2. The fraction of sp³-hybridized carbons (Fsp3) is 0.400. The topological polar surface area (TPSA) is 26.3 Å². The monoisotopic (exact) mass is 232 g/mol. The lowest BCUT2D eigenvalue weighted by molar-refractivity contribution is -0.108. The van der Waals surface area contributed by atoms with Crippen LogP contribution in [0.5, 0.6) is 0 Å². The van der Waals surface area contributed by atoms with Gasteiger partial charge in [-0.1, -0.05) is 36.4 Å². The number of aldehydes is 1. The number of carbonyl (C=O) groups is 1. The van der Waals surface area contributed by atoms with Crippen LogP contribution in [0, 0.1) is 5.92 Å². The van der Waals surface area contributed by atoms with Crippen LogP contribution in [0.25, 0.3) is 0 Å². The smallest absolute Gasteiger partial charge is 0.120 e. The summed E-state index contributed by atoms with van der Waals surface area (Å²) in [5, 5.41) is 0. The summed E-state index contributed by atoms with van der Waals surface area (Å²) in [7, 11) is 0. The molecule has 0 fully saturated rings. The molecule has 1 atom stereocenters. The van der Waals surface area contributed by atoms with Crippen molar-refractivity contribution in [2.75, 3.05) is 6.61 Å². The Morgan fingerprint density at radius 1 is 1.24 bits per heavy atom. The Labute approximate surface area is 103 Å². The summed E-state index contributed by atoms with van der Waals surface area (Å²) in [6, 6.07) is 10.1. The van der Waals surface area contributed by atoms with Crippen molar-refractivity contribution in [3.05, 3.63) is 48.6 Å². The van der Waals surface area contributed by atoms with Gasteiger partial charge in [0.05, 0.1) is 6.61 Å². The van der Waals surface area contributed by atoms with E-state index in [0.717, 1.165) is 19.1 Å². The second-order valence-corrected chi connectivity index (χ2v) is 4.12. The molecule has 1 aromatic carbocycles. The largest absolute Gasteiger partial charge is 0.377 e. The molecule has 0 N–H and O–H groups in total. The zero-order chi connectivity index (χ0) is 12.3. The molecule has 2 nitrogen and oxygen atoms in total. The molecular formula is C15H20O2. The molecule has 0 saturated carbocycles. The third-order valence-electron chi connectivity index (χ3n) is 2.71. The van der Waals surface area contributed by atoms with Crippen LogP contribution >= 0.6 is 0 Å². The van der Waals surface area contributed by atoms with E-state index in [2.05, 4.69) is 6.58 Å². The lowest BCUT2D eigenvalue weighted by atomic mass is 9.99. The van der Waals surface area contributed by atoms with Crippen LogP contribution < -0.4 is 0 Å². The Bertz CT molecular complexity index is 309. The molecule has 0 heterocycles. The maximum absolute atomic E-state index is 10.5. The maximum atomic E-state index is 10.5. The van der Waals surface area contributed by atoms with Gasteiger partial charge in [0.1, 0.15) is 6.29 Å². The van der Waals surface area contributed by atoms with Gasteiger partial charge in [0.2, 0.25) is 0 Å². The van der Waals surface area contributed by atoms with E-state index < -0.39 is 0 Å². The van der Waals surface area contributed by atoms with E-state index in [1.54, 1.807) is 0 Å². The first kappa shape index (κ1) is 13.7. The van der Waals surface area contributed by atoms with Gasteiger partial charge in [-0.15, -0.1) is 6.58 Å². The number of carbonyl (C=O) groups excluding carboxylic acids is 1. The number of ether oxygens (including phenoxy) is 1. The van der Waals surface area contributed by atoms with Crippen LogP contribution in [0.1, 0.15) is 24.8 Å². The summed E-state index contributed by atoms with van der Waals surface area (Å²) in [5.74, 6) is 0.376. The van der Waals surface area contributed by atoms with Crippen LogP contribution in [-0.2, 0) is 16.1 Å². The molecule has 0 amide bonds. The minimum absolute atomic E-state index is 0.376. The van der Waals surface area contributed by atoms with Crippen LogP contribution in [0.2, 0.25) is 0 Å². The summed E-state index contributed by atoms with van der Waals surface area (Å²) in [6.45, 7) is 5.04. The molecule has 1 aromatic rings. The summed E-state index contributed by atoms with van der Waals surface area (Å²) in [5.41, 5.74) is 1.18. The van der Waals surface area contributed by atoms with Gasteiger partial charge in [0.15, 0.2) is 0 Å². The first-order valence-electron chi connectivity index (χ1n) is 6.03. The highest BCUT2D eigenvalue weighted by atomic mass is 16.5. The third kappa shape index (κ3) is 6.03. The van der Waals surface area contributed by atoms with E-state index in [4.69, 9.17) is 4.74 Å². The van der Waals surface area contributed by atoms with E-state index in [-0.39, 0.29) is 0 Å². The van der Waals surface area contributed by atoms with E-state index in [9.17, 15) is 4.79 Å². The van der Waals surface area contributed by atoms with Crippen molar-refractivity contribution in [3.8, 4) is 0 Å². The molecule has 1 rings (SSSR count). The van der Waals surface area contributed by atoms with E-state index in [1.165, 1.54) is 5.56 Å². The SMILES string of the molecule is C=CCC(CC=O)CCOCc1ccccc1. The molecule has 0 spiro atoms. The summed E-state index contributed by atoms with van der Waals surface area (Å²) < 4.78 is 5.59. The van der Waals surface area contributed by atoms with Crippen LogP contribution in [0.3, 0.4) is 0 Å². The molecule has 92 valence electrons. The first-order chi connectivity index (χ1) is 8.36. The summed E-state index contributed by atoms with van der Waals surface area (Å²) >= 11 is 0. The molecule has 17 heavy (non-hydrogen) atoms. The Balaban J connectivity index is 2.17. The predicted molar refractivity (Wildman–Crippen MR) is 69.7 cm³/mol. The van der Waals surface area contributed by atoms with Crippen molar-refractivity contribution in [2.45, 2.75) is 25.9 Å². The van der Waals surface area contributed by atoms with Gasteiger partial charge in [-0.3, -0.25) is 0 Å². The van der Waals surface area contributed by atoms with Crippen LogP contribution in [-0.4, -0.2) is 12.9 Å². The van der Waals surface area contributed by atoms with Crippen molar-refractivity contribution in [1.29, 1.82) is 0 Å². The van der Waals surface area contributed by atoms with E-state index in [1.807, 2.05) is 36.4 Å². The second-order valence-electron chi connectivity index (χ2n) is 4.12. The highest BCUT2D eigenvalue weighted by molar-refractivity contribution is 5.49. The first-order valence-corrected chi connectivity index (χ1v) is 6.03. The maximum Gasteiger partial charge on any atom is 0.120 e. The van der Waals surface area contributed by atoms with Gasteiger partial charge in [-0.25, -0.2) is 0 Å². The van der Waals surface area contributed by atoms with Gasteiger partial charge in [-0.05, 0) is 24.3 Å². The molecule has 0 saturated heterocycles. The van der Waals surface area contributed by atoms with Gasteiger partial charge < -0.3 is 9.53 Å². The number of hydrogen-bond donors (Lipinski definition) is 0. The summed E-state index contributed by atoms with van der Waals surface area (Å²) in [6.07, 6.45) is 5.24. The van der Waals surface area contributed by atoms with Crippen molar-refractivity contribution in [1.82, 2.24) is 0 Å². The number of rotatable bonds is 9. The van der Waals surface area contributed by atoms with E-state index in [0.29, 0.717) is 25.6 Å². The fourth-order valence-electron chi connectivity index (χ4n) is 1.72. The molecule has 0 radical (unpaired) electrons. The van der Waals surface area contributed by atoms with Gasteiger partial charge in [0.25, 0.3) is 0 Å². The Morgan fingerprint density at radius 2 is 2.00 bits per heavy atom. The Morgan fingerprint density at radius 3 is 2.65 bits per heavy atom.